The predicted octanol–water partition coefficient (Wildman–Crippen LogP) is 7.05. The van der Waals surface area contributed by atoms with Crippen LogP contribution >= 0.6 is 22.7 Å². The number of methoxy groups -OCH3 is 2. The smallest absolute Gasteiger partial charge is 0.407 e. The Kier molecular flexibility index (Phi) is 11.1. The molecule has 0 unspecified atom stereocenters. The molecule has 2 aliphatic heterocycles. The molecule has 14 nitrogen and oxygen atoms in total. The summed E-state index contributed by atoms with van der Waals surface area (Å²) in [6.45, 7) is 8.37. The number of benzene rings is 1. The molecule has 5 aromatic rings. The molecular formula is C40H44N8O6S2. The minimum absolute atomic E-state index is 0.129. The fourth-order valence-corrected chi connectivity index (χ4v) is 9.27. The third-order valence-corrected chi connectivity index (χ3v) is 12.3. The van der Waals surface area contributed by atoms with E-state index in [0.29, 0.717) is 24.7 Å². The lowest BCUT2D eigenvalue weighted by Crippen LogP contribution is -2.51. The number of carbonyl (C=O) groups excluding carboxylic acids is 4. The van der Waals surface area contributed by atoms with Crippen molar-refractivity contribution in [1.82, 2.24) is 40.4 Å². The molecule has 4 N–H and O–H groups in total. The summed E-state index contributed by atoms with van der Waals surface area (Å²) < 4.78 is 11.8. The van der Waals surface area contributed by atoms with Gasteiger partial charge in [0.15, 0.2) is 0 Å². The van der Waals surface area contributed by atoms with Crippen LogP contribution in [-0.4, -0.2) is 93.1 Å². The zero-order valence-corrected chi connectivity index (χ0v) is 33.5. The fraction of sp³-hybridized carbons (Fsp3) is 0.350. The Morgan fingerprint density at radius 3 is 1.64 bits per heavy atom. The van der Waals surface area contributed by atoms with Gasteiger partial charge in [0.25, 0.3) is 0 Å². The minimum Gasteiger partial charge on any atom is -0.453 e. The highest BCUT2D eigenvalue weighted by molar-refractivity contribution is 7.31. The van der Waals surface area contributed by atoms with E-state index >= 15 is 0 Å². The van der Waals surface area contributed by atoms with Crippen LogP contribution in [0, 0.1) is 11.8 Å². The first kappa shape index (κ1) is 38.5. The molecule has 1 aromatic carbocycles. The van der Waals surface area contributed by atoms with Crippen LogP contribution in [0.15, 0.2) is 73.1 Å². The summed E-state index contributed by atoms with van der Waals surface area (Å²) >= 11 is 3.39. The molecule has 56 heavy (non-hydrogen) atoms. The van der Waals surface area contributed by atoms with Crippen LogP contribution in [-0.2, 0) is 19.1 Å². The molecule has 2 aliphatic rings. The molecule has 0 saturated heterocycles. The molecule has 0 spiro atoms. The van der Waals surface area contributed by atoms with Gasteiger partial charge in [0, 0.05) is 27.4 Å². The van der Waals surface area contributed by atoms with Crippen LogP contribution in [0.3, 0.4) is 0 Å². The Labute approximate surface area is 332 Å². The van der Waals surface area contributed by atoms with Crippen LogP contribution in [0.5, 0.6) is 0 Å². The maximum Gasteiger partial charge on any atom is 0.407 e. The number of nitrogens with zero attached hydrogens (tertiary/aromatic N) is 4. The first-order valence-corrected chi connectivity index (χ1v) is 20.0. The first-order chi connectivity index (χ1) is 26.9. The van der Waals surface area contributed by atoms with E-state index in [1.165, 1.54) is 14.2 Å². The number of hydrogen-bond acceptors (Lipinski definition) is 10. The van der Waals surface area contributed by atoms with E-state index in [1.807, 2.05) is 52.0 Å². The second-order valence-corrected chi connectivity index (χ2v) is 16.5. The average Bonchev–Trinajstić information content (AvgIpc) is 4.04. The predicted molar refractivity (Wildman–Crippen MR) is 216 cm³/mol. The van der Waals surface area contributed by atoms with Gasteiger partial charge < -0.3 is 39.9 Å². The van der Waals surface area contributed by atoms with Gasteiger partial charge in [-0.1, -0.05) is 76.3 Å². The van der Waals surface area contributed by atoms with Gasteiger partial charge in [-0.15, -0.1) is 22.7 Å². The molecule has 4 aromatic heterocycles. The SMILES string of the molecule is COC(=O)N[C@H](C(=O)N1CC=C[C@H]1c1ncc(-c2ccc(-c3cc4sc(-c5cnc([C@@H]6C=CCN6C(=O)[C@@H](NC(=O)OC)C(C)C)[nH]5)cc4s3)cc2)[nH]1)C(C)C. The lowest BCUT2D eigenvalue weighted by Gasteiger charge is -2.29. The van der Waals surface area contributed by atoms with Crippen molar-refractivity contribution in [1.29, 1.82) is 0 Å². The Morgan fingerprint density at radius 2 is 1.14 bits per heavy atom. The van der Waals surface area contributed by atoms with Gasteiger partial charge in [-0.2, -0.15) is 0 Å². The highest BCUT2D eigenvalue weighted by atomic mass is 32.1. The van der Waals surface area contributed by atoms with Gasteiger partial charge in [0.1, 0.15) is 35.8 Å². The van der Waals surface area contributed by atoms with E-state index in [2.05, 4.69) is 67.0 Å². The molecule has 4 amide bonds. The molecule has 292 valence electrons. The summed E-state index contributed by atoms with van der Waals surface area (Å²) in [4.78, 5) is 72.6. The highest BCUT2D eigenvalue weighted by Gasteiger charge is 2.37. The number of hydrogen-bond donors (Lipinski definition) is 4. The van der Waals surface area contributed by atoms with Gasteiger partial charge in [0.2, 0.25) is 11.8 Å². The van der Waals surface area contributed by atoms with Gasteiger partial charge in [-0.25, -0.2) is 19.6 Å². The molecule has 0 aliphatic carbocycles. The van der Waals surface area contributed by atoms with Crippen molar-refractivity contribution in [3.8, 4) is 32.3 Å². The zero-order valence-electron chi connectivity index (χ0n) is 31.9. The first-order valence-electron chi connectivity index (χ1n) is 18.3. The molecule has 0 fully saturated rings. The van der Waals surface area contributed by atoms with Crippen molar-refractivity contribution in [2.24, 2.45) is 11.8 Å². The Morgan fingerprint density at radius 1 is 0.696 bits per heavy atom. The number of aromatic nitrogens is 4. The number of carbonyl (C=O) groups is 4. The topological polar surface area (TPSA) is 175 Å². The van der Waals surface area contributed by atoms with E-state index in [-0.39, 0.29) is 35.7 Å². The van der Waals surface area contributed by atoms with Crippen LogP contribution in [0.25, 0.3) is 41.7 Å². The summed E-state index contributed by atoms with van der Waals surface area (Å²) in [6, 6.07) is 10.5. The van der Waals surface area contributed by atoms with E-state index < -0.39 is 24.3 Å². The van der Waals surface area contributed by atoms with E-state index in [1.54, 1.807) is 44.9 Å². The van der Waals surface area contributed by atoms with Gasteiger partial charge >= 0.3 is 12.2 Å². The van der Waals surface area contributed by atoms with Crippen LogP contribution in [0.4, 0.5) is 9.59 Å². The lowest BCUT2D eigenvalue weighted by atomic mass is 10.0. The summed E-state index contributed by atoms with van der Waals surface area (Å²) in [5, 5.41) is 5.34. The molecule has 7 rings (SSSR count). The number of thiophene rings is 2. The van der Waals surface area contributed by atoms with Crippen molar-refractivity contribution < 1.29 is 28.7 Å². The maximum atomic E-state index is 13.5. The largest absolute Gasteiger partial charge is 0.453 e. The van der Waals surface area contributed by atoms with Crippen LogP contribution in [0.1, 0.15) is 51.4 Å². The number of alkyl carbamates (subject to hydrolysis) is 2. The standard InChI is InChI=1S/C40H44N8O6S2/c1-21(2)33(45-39(51)53-5)37(49)47-15-7-9-27(47)35-41-19-25(43-35)23-11-13-24(14-12-23)29-17-31-32(55-29)18-30(56-31)26-20-42-36(44-26)28-10-8-16-48(28)38(50)34(22(3)4)46-40(52)54-6/h7-14,17-22,27-28,33-34H,15-16H2,1-6H3,(H,41,43)(H,42,44)(H,45,51)(H,46,52)/t27-,28-,33-,34-/m0/s1. The summed E-state index contributed by atoms with van der Waals surface area (Å²) in [7, 11) is 2.56. The third-order valence-electron chi connectivity index (χ3n) is 9.97. The highest BCUT2D eigenvalue weighted by Crippen LogP contribution is 2.42. The quantitative estimate of drug-likeness (QED) is 0.103. The summed E-state index contributed by atoms with van der Waals surface area (Å²) in [6.07, 6.45) is 10.1. The molecule has 16 heteroatoms. The number of H-pyrrole nitrogens is 2. The Bertz CT molecular complexity index is 2270. The molecule has 0 saturated carbocycles. The number of ether oxygens (including phenoxy) is 2. The van der Waals surface area contributed by atoms with E-state index in [4.69, 9.17) is 9.47 Å². The third kappa shape index (κ3) is 7.71. The van der Waals surface area contributed by atoms with Crippen molar-refractivity contribution in [3.05, 3.63) is 84.7 Å². The second-order valence-electron chi connectivity index (χ2n) is 14.3. The van der Waals surface area contributed by atoms with E-state index in [0.717, 1.165) is 41.7 Å². The van der Waals surface area contributed by atoms with Crippen molar-refractivity contribution in [2.45, 2.75) is 51.9 Å². The van der Waals surface area contributed by atoms with Crippen LogP contribution in [0.2, 0.25) is 0 Å². The molecule has 4 atom stereocenters. The normalized spacial score (nSPS) is 17.6. The van der Waals surface area contributed by atoms with Gasteiger partial charge in [0.05, 0.1) is 42.9 Å². The summed E-state index contributed by atoms with van der Waals surface area (Å²) in [5.74, 6) is 0.642. The Hall–Kier alpha value is -5.74. The number of fused-ring (bicyclic) bond motifs is 1. The maximum absolute atomic E-state index is 13.5. The molecule has 6 heterocycles. The fourth-order valence-electron chi connectivity index (χ4n) is 6.90. The number of nitrogens with one attached hydrogen (secondary N) is 4. The average molecular weight is 797 g/mol. The van der Waals surface area contributed by atoms with Gasteiger partial charge in [-0.05, 0) is 35.1 Å². The minimum atomic E-state index is -0.726. The van der Waals surface area contributed by atoms with Gasteiger partial charge in [-0.3, -0.25) is 9.59 Å². The molecule has 0 bridgehead atoms. The van der Waals surface area contributed by atoms with Crippen molar-refractivity contribution in [2.75, 3.05) is 27.3 Å². The number of amides is 4. The number of aromatic amines is 2. The molecule has 0 radical (unpaired) electrons. The van der Waals surface area contributed by atoms with Crippen molar-refractivity contribution in [3.63, 3.8) is 0 Å². The summed E-state index contributed by atoms with van der Waals surface area (Å²) in [5.41, 5.74) is 3.77. The zero-order chi connectivity index (χ0) is 39.7. The van der Waals surface area contributed by atoms with E-state index in [9.17, 15) is 19.2 Å². The molecular weight excluding hydrogens is 753 g/mol. The van der Waals surface area contributed by atoms with Crippen molar-refractivity contribution >= 4 is 56.1 Å². The second kappa shape index (κ2) is 16.2. The monoisotopic (exact) mass is 796 g/mol. The Balaban J connectivity index is 1.02. The number of rotatable bonds is 11. The number of imidazole rings is 2. The van der Waals surface area contributed by atoms with Crippen LogP contribution < -0.4 is 10.6 Å². The lowest BCUT2D eigenvalue weighted by molar-refractivity contribution is -0.135.